The van der Waals surface area contributed by atoms with Gasteiger partial charge in [0, 0.05) is 5.02 Å². The molecule has 0 aromatic heterocycles. The molecule has 0 aliphatic heterocycles. The lowest BCUT2D eigenvalue weighted by Gasteiger charge is -2.21. The summed E-state index contributed by atoms with van der Waals surface area (Å²) in [4.78, 5) is 11.8. The minimum atomic E-state index is -0.819. The van der Waals surface area contributed by atoms with Gasteiger partial charge in [0.05, 0.1) is 6.61 Å². The zero-order chi connectivity index (χ0) is 13.2. The molecule has 0 bridgehead atoms. The Morgan fingerprint density at radius 2 is 2.17 bits per heavy atom. The maximum Gasteiger partial charge on any atom is 0.326 e. The third-order valence-electron chi connectivity index (χ3n) is 3.57. The van der Waals surface area contributed by atoms with Crippen LogP contribution in [0.1, 0.15) is 37.7 Å². The molecule has 1 aliphatic carbocycles. The Morgan fingerprint density at radius 3 is 2.78 bits per heavy atom. The number of benzene rings is 1. The average Bonchev–Trinajstić information content (AvgIpc) is 2.75. The van der Waals surface area contributed by atoms with E-state index < -0.39 is 5.54 Å². The molecule has 0 heterocycles. The molecule has 1 aromatic rings. The Hall–Kier alpha value is -1.06. The average molecular weight is 268 g/mol. The number of hydrogen-bond donors (Lipinski definition) is 1. The molecule has 1 saturated carbocycles. The van der Waals surface area contributed by atoms with E-state index in [0.29, 0.717) is 25.4 Å². The van der Waals surface area contributed by atoms with E-state index in [0.717, 1.165) is 11.4 Å². The highest BCUT2D eigenvalue weighted by Gasteiger charge is 2.43. The Bertz CT molecular complexity index is 432. The van der Waals surface area contributed by atoms with Crippen LogP contribution >= 0.6 is 11.6 Å². The van der Waals surface area contributed by atoms with Crippen molar-refractivity contribution in [1.82, 2.24) is 0 Å². The molecule has 1 fully saturated rings. The van der Waals surface area contributed by atoms with E-state index in [1.54, 1.807) is 6.92 Å². The van der Waals surface area contributed by atoms with Gasteiger partial charge in [-0.3, -0.25) is 4.79 Å². The summed E-state index contributed by atoms with van der Waals surface area (Å²) >= 11 is 5.87. The minimum absolute atomic E-state index is 0.276. The van der Waals surface area contributed by atoms with Crippen LogP contribution in [-0.2, 0) is 9.53 Å². The molecule has 4 heteroatoms. The molecule has 2 rings (SSSR count). The van der Waals surface area contributed by atoms with Crippen molar-refractivity contribution in [2.75, 3.05) is 6.61 Å². The quantitative estimate of drug-likeness (QED) is 0.857. The van der Waals surface area contributed by atoms with Gasteiger partial charge in [0.2, 0.25) is 0 Å². The number of nitrogens with two attached hydrogens (primary N) is 1. The fourth-order valence-electron chi connectivity index (χ4n) is 2.56. The van der Waals surface area contributed by atoms with Gasteiger partial charge < -0.3 is 10.5 Å². The summed E-state index contributed by atoms with van der Waals surface area (Å²) in [6, 6.07) is 7.75. The van der Waals surface area contributed by atoms with Gasteiger partial charge in [0.1, 0.15) is 5.54 Å². The summed E-state index contributed by atoms with van der Waals surface area (Å²) < 4.78 is 5.05. The van der Waals surface area contributed by atoms with Gasteiger partial charge in [0.15, 0.2) is 0 Å². The van der Waals surface area contributed by atoms with Gasteiger partial charge in [-0.2, -0.15) is 0 Å². The monoisotopic (exact) mass is 267 g/mol. The van der Waals surface area contributed by atoms with E-state index in [9.17, 15) is 4.79 Å². The molecule has 2 atom stereocenters. The van der Waals surface area contributed by atoms with Crippen LogP contribution in [0.25, 0.3) is 0 Å². The van der Waals surface area contributed by atoms with E-state index in [4.69, 9.17) is 22.1 Å². The van der Waals surface area contributed by atoms with Crippen molar-refractivity contribution in [3.8, 4) is 0 Å². The van der Waals surface area contributed by atoms with Gasteiger partial charge in [-0.25, -0.2) is 0 Å². The first-order chi connectivity index (χ1) is 8.55. The summed E-state index contributed by atoms with van der Waals surface area (Å²) in [5.74, 6) is 0.0399. The number of rotatable bonds is 3. The first-order valence-electron chi connectivity index (χ1n) is 6.27. The van der Waals surface area contributed by atoms with E-state index >= 15 is 0 Å². The van der Waals surface area contributed by atoms with Crippen LogP contribution in [0.4, 0.5) is 0 Å². The smallest absolute Gasteiger partial charge is 0.326 e. The summed E-state index contributed by atoms with van der Waals surface area (Å²) in [6.45, 7) is 2.18. The van der Waals surface area contributed by atoms with Crippen molar-refractivity contribution >= 4 is 17.6 Å². The Kier molecular flexibility index (Phi) is 3.93. The molecule has 1 aliphatic rings. The fourth-order valence-corrected chi connectivity index (χ4v) is 2.68. The third-order valence-corrected chi connectivity index (χ3v) is 3.82. The van der Waals surface area contributed by atoms with Gasteiger partial charge in [-0.1, -0.05) is 23.7 Å². The fraction of sp³-hybridized carbons (Fsp3) is 0.500. The first-order valence-corrected chi connectivity index (χ1v) is 6.64. The summed E-state index contributed by atoms with van der Waals surface area (Å²) in [5.41, 5.74) is 6.52. The molecule has 0 unspecified atom stereocenters. The minimum Gasteiger partial charge on any atom is -0.465 e. The van der Waals surface area contributed by atoms with Crippen LogP contribution in [0.5, 0.6) is 0 Å². The van der Waals surface area contributed by atoms with Crippen LogP contribution in [0.2, 0.25) is 5.02 Å². The van der Waals surface area contributed by atoms with E-state index in [2.05, 4.69) is 0 Å². The predicted molar refractivity (Wildman–Crippen MR) is 71.6 cm³/mol. The SMILES string of the molecule is CCOC(=O)[C@]1(N)CC[C@H](c2ccc(Cl)cc2)C1. The predicted octanol–water partition coefficient (Wildman–Crippen LogP) is 2.87. The molecular formula is C14H18ClNO2. The maximum atomic E-state index is 11.8. The Labute approximate surface area is 112 Å². The molecule has 98 valence electrons. The number of ether oxygens (including phenoxy) is 1. The van der Waals surface area contributed by atoms with Crippen LogP contribution < -0.4 is 5.73 Å². The molecule has 0 amide bonds. The molecule has 0 radical (unpaired) electrons. The molecule has 3 nitrogen and oxygen atoms in total. The van der Waals surface area contributed by atoms with Crippen molar-refractivity contribution in [2.45, 2.75) is 37.6 Å². The Morgan fingerprint density at radius 1 is 1.50 bits per heavy atom. The maximum absolute atomic E-state index is 11.8. The Balaban J connectivity index is 2.08. The lowest BCUT2D eigenvalue weighted by Crippen LogP contribution is -2.46. The zero-order valence-corrected chi connectivity index (χ0v) is 11.2. The van der Waals surface area contributed by atoms with Crippen molar-refractivity contribution < 1.29 is 9.53 Å². The third kappa shape index (κ3) is 2.68. The highest BCUT2D eigenvalue weighted by atomic mass is 35.5. The topological polar surface area (TPSA) is 52.3 Å². The molecular weight excluding hydrogens is 250 g/mol. The number of halogens is 1. The first kappa shape index (κ1) is 13.4. The summed E-state index contributed by atoms with van der Waals surface area (Å²) in [5, 5.41) is 0.723. The molecule has 0 spiro atoms. The van der Waals surface area contributed by atoms with Crippen LogP contribution in [0, 0.1) is 0 Å². The largest absolute Gasteiger partial charge is 0.465 e. The van der Waals surface area contributed by atoms with Crippen molar-refractivity contribution in [3.63, 3.8) is 0 Å². The van der Waals surface area contributed by atoms with Gasteiger partial charge >= 0.3 is 5.97 Å². The lowest BCUT2D eigenvalue weighted by molar-refractivity contribution is -0.149. The van der Waals surface area contributed by atoms with E-state index in [1.165, 1.54) is 5.56 Å². The van der Waals surface area contributed by atoms with Crippen LogP contribution in [-0.4, -0.2) is 18.1 Å². The molecule has 1 aromatic carbocycles. The van der Waals surface area contributed by atoms with Gasteiger partial charge in [0.25, 0.3) is 0 Å². The number of esters is 1. The second-order valence-corrected chi connectivity index (χ2v) is 5.30. The number of carbonyl (C=O) groups excluding carboxylic acids is 1. The van der Waals surface area contributed by atoms with Gasteiger partial charge in [-0.05, 0) is 49.8 Å². The number of hydrogen-bond acceptors (Lipinski definition) is 3. The second-order valence-electron chi connectivity index (χ2n) is 4.87. The van der Waals surface area contributed by atoms with Crippen molar-refractivity contribution in [2.24, 2.45) is 5.73 Å². The van der Waals surface area contributed by atoms with Crippen LogP contribution in [0.3, 0.4) is 0 Å². The highest BCUT2D eigenvalue weighted by Crippen LogP contribution is 2.40. The zero-order valence-electron chi connectivity index (χ0n) is 10.5. The summed E-state index contributed by atoms with van der Waals surface area (Å²) in [7, 11) is 0. The standard InChI is InChI=1S/C14H18ClNO2/c1-2-18-13(17)14(16)8-7-11(9-14)10-3-5-12(15)6-4-10/h3-6,11H,2,7-9,16H2,1H3/t11-,14-/m0/s1. The van der Waals surface area contributed by atoms with E-state index in [1.807, 2.05) is 24.3 Å². The number of carbonyl (C=O) groups is 1. The van der Waals surface area contributed by atoms with Crippen molar-refractivity contribution in [1.29, 1.82) is 0 Å². The molecule has 2 N–H and O–H groups in total. The lowest BCUT2D eigenvalue weighted by atomic mass is 9.93. The summed E-state index contributed by atoms with van der Waals surface area (Å²) in [6.07, 6.45) is 2.24. The second kappa shape index (κ2) is 5.29. The van der Waals surface area contributed by atoms with Gasteiger partial charge in [-0.15, -0.1) is 0 Å². The van der Waals surface area contributed by atoms with Crippen LogP contribution in [0.15, 0.2) is 24.3 Å². The van der Waals surface area contributed by atoms with Crippen molar-refractivity contribution in [3.05, 3.63) is 34.9 Å². The molecule has 0 saturated heterocycles. The normalized spacial score (nSPS) is 27.2. The van der Waals surface area contributed by atoms with E-state index in [-0.39, 0.29) is 5.97 Å². The molecule has 18 heavy (non-hydrogen) atoms. The highest BCUT2D eigenvalue weighted by molar-refractivity contribution is 6.30.